The van der Waals surface area contributed by atoms with E-state index in [1.165, 1.54) is 0 Å². The van der Waals surface area contributed by atoms with Crippen molar-refractivity contribution in [1.29, 1.82) is 0 Å². The predicted octanol–water partition coefficient (Wildman–Crippen LogP) is 0.821. The van der Waals surface area contributed by atoms with E-state index >= 15 is 0 Å². The second-order valence-electron chi connectivity index (χ2n) is 3.57. The lowest BCUT2D eigenvalue weighted by Crippen LogP contribution is -2.28. The monoisotopic (exact) mass is 188 g/mol. The fourth-order valence-corrected chi connectivity index (χ4v) is 2.86. The van der Waals surface area contributed by atoms with Gasteiger partial charge in [-0.25, -0.2) is 0 Å². The van der Waals surface area contributed by atoms with Gasteiger partial charge in [-0.2, -0.15) is 0 Å². The summed E-state index contributed by atoms with van der Waals surface area (Å²) in [5.41, 5.74) is 0. The zero-order chi connectivity index (χ0) is 8.77. The molecule has 0 bridgehead atoms. The summed E-state index contributed by atoms with van der Waals surface area (Å²) < 4.78 is 11.2. The van der Waals surface area contributed by atoms with E-state index in [9.17, 15) is 4.79 Å². The van der Waals surface area contributed by atoms with Crippen molar-refractivity contribution in [1.82, 2.24) is 0 Å². The van der Waals surface area contributed by atoms with Crippen molar-refractivity contribution in [3.8, 4) is 0 Å². The van der Waals surface area contributed by atoms with Crippen LogP contribution in [0.5, 0.6) is 0 Å². The van der Waals surface area contributed by atoms with Crippen LogP contribution in [-0.4, -0.2) is 35.3 Å². The molecule has 0 saturated carbocycles. The highest BCUT2D eigenvalue weighted by Crippen LogP contribution is 2.40. The Morgan fingerprint density at radius 2 is 2.25 bits per heavy atom. The van der Waals surface area contributed by atoms with E-state index in [2.05, 4.69) is 0 Å². The van der Waals surface area contributed by atoms with Crippen LogP contribution in [0.2, 0.25) is 0 Å². The van der Waals surface area contributed by atoms with Crippen molar-refractivity contribution in [3.63, 3.8) is 0 Å². The minimum atomic E-state index is -0.502. The fourth-order valence-electron chi connectivity index (χ4n) is 1.69. The molecule has 0 spiro atoms. The number of hydrogen-bond donors (Lipinski definition) is 0. The molecule has 0 unspecified atom stereocenters. The van der Waals surface area contributed by atoms with Gasteiger partial charge in [-0.15, -0.1) is 11.8 Å². The van der Waals surface area contributed by atoms with Crippen LogP contribution in [0.15, 0.2) is 0 Å². The highest BCUT2D eigenvalue weighted by atomic mass is 32.2. The topological polar surface area (TPSA) is 35.5 Å². The third-order valence-corrected chi connectivity index (χ3v) is 3.42. The smallest absolute Gasteiger partial charge is 0.163 e. The maximum Gasteiger partial charge on any atom is 0.163 e. The Balaban J connectivity index is 2.11. The highest BCUT2D eigenvalue weighted by Gasteiger charge is 2.49. The van der Waals surface area contributed by atoms with Crippen LogP contribution >= 0.6 is 11.8 Å². The van der Waals surface area contributed by atoms with E-state index in [1.807, 2.05) is 13.8 Å². The minimum Gasteiger partial charge on any atom is -0.344 e. The number of ether oxygens (including phenoxy) is 2. The molecule has 3 nitrogen and oxygen atoms in total. The van der Waals surface area contributed by atoms with E-state index in [0.717, 1.165) is 12.0 Å². The van der Waals surface area contributed by atoms with Gasteiger partial charge in [0.2, 0.25) is 0 Å². The van der Waals surface area contributed by atoms with Crippen molar-refractivity contribution in [2.45, 2.75) is 37.1 Å². The summed E-state index contributed by atoms with van der Waals surface area (Å²) in [6.07, 6.45) is 1.04. The molecule has 0 aromatic heterocycles. The summed E-state index contributed by atoms with van der Waals surface area (Å²) in [4.78, 5) is 10.6. The molecule has 2 aliphatic rings. The normalized spacial score (nSPS) is 44.3. The number of carbonyl (C=O) groups is 1. The number of aldehydes is 1. The molecule has 0 aliphatic carbocycles. The molecule has 0 N–H and O–H groups in total. The van der Waals surface area contributed by atoms with Crippen LogP contribution < -0.4 is 0 Å². The zero-order valence-electron chi connectivity index (χ0n) is 7.15. The van der Waals surface area contributed by atoms with Gasteiger partial charge in [-0.3, -0.25) is 0 Å². The second-order valence-corrected chi connectivity index (χ2v) is 4.78. The lowest BCUT2D eigenvalue weighted by atomic mass is 10.2. The first-order valence-corrected chi connectivity index (χ1v) is 5.10. The molecular formula is C8H12O3S. The second kappa shape index (κ2) is 2.72. The first kappa shape index (κ1) is 8.53. The summed E-state index contributed by atoms with van der Waals surface area (Å²) in [7, 11) is 0. The van der Waals surface area contributed by atoms with Crippen LogP contribution in [0.1, 0.15) is 13.8 Å². The van der Waals surface area contributed by atoms with E-state index in [0.29, 0.717) is 0 Å². The van der Waals surface area contributed by atoms with Crippen molar-refractivity contribution < 1.29 is 14.3 Å². The van der Waals surface area contributed by atoms with Gasteiger partial charge in [0.25, 0.3) is 0 Å². The van der Waals surface area contributed by atoms with Crippen LogP contribution in [0.3, 0.4) is 0 Å². The van der Waals surface area contributed by atoms with Crippen LogP contribution in [-0.2, 0) is 14.3 Å². The van der Waals surface area contributed by atoms with Gasteiger partial charge in [0.05, 0.1) is 11.4 Å². The Bertz CT molecular complexity index is 204. The summed E-state index contributed by atoms with van der Waals surface area (Å²) in [5.74, 6) is 0.370. The fraction of sp³-hybridized carbons (Fsp3) is 0.875. The van der Waals surface area contributed by atoms with Crippen LogP contribution in [0.25, 0.3) is 0 Å². The molecule has 68 valence electrons. The maximum absolute atomic E-state index is 10.6. The van der Waals surface area contributed by atoms with E-state index in [4.69, 9.17) is 9.47 Å². The van der Waals surface area contributed by atoms with Crippen molar-refractivity contribution in [2.75, 3.05) is 5.75 Å². The highest BCUT2D eigenvalue weighted by molar-refractivity contribution is 8.00. The number of fused-ring (bicyclic) bond motifs is 1. The maximum atomic E-state index is 10.6. The van der Waals surface area contributed by atoms with Gasteiger partial charge in [0.1, 0.15) is 12.4 Å². The standard InChI is InChI=1S/C8H12O3S/c1-8(2)10-5-4-12-6(3-9)7(5)11-8/h3,5-7H,4H2,1-2H3/t5-,6+,7-/m1/s1. The third-order valence-electron chi connectivity index (χ3n) is 2.13. The number of hydrogen-bond acceptors (Lipinski definition) is 4. The van der Waals surface area contributed by atoms with Gasteiger partial charge in [0, 0.05) is 5.75 Å². The molecule has 0 aromatic rings. The molecule has 0 radical (unpaired) electrons. The number of thioether (sulfide) groups is 1. The first-order valence-electron chi connectivity index (χ1n) is 4.05. The third kappa shape index (κ3) is 1.28. The molecule has 0 amide bonds. The Morgan fingerprint density at radius 3 is 2.92 bits per heavy atom. The Kier molecular flexibility index (Phi) is 1.93. The summed E-state index contributed by atoms with van der Waals surface area (Å²) in [6, 6.07) is 0. The molecule has 2 fully saturated rings. The van der Waals surface area contributed by atoms with Gasteiger partial charge < -0.3 is 14.3 Å². The average Bonchev–Trinajstić information content (AvgIpc) is 2.42. The van der Waals surface area contributed by atoms with Crippen molar-refractivity contribution in [3.05, 3.63) is 0 Å². The first-order chi connectivity index (χ1) is 5.62. The average molecular weight is 188 g/mol. The quantitative estimate of drug-likeness (QED) is 0.571. The number of rotatable bonds is 1. The van der Waals surface area contributed by atoms with E-state index < -0.39 is 5.79 Å². The molecule has 4 heteroatoms. The lowest BCUT2D eigenvalue weighted by Gasteiger charge is -2.19. The Labute approximate surface area is 75.8 Å². The van der Waals surface area contributed by atoms with Crippen LogP contribution in [0.4, 0.5) is 0 Å². The Hall–Kier alpha value is -0.0600. The van der Waals surface area contributed by atoms with Gasteiger partial charge in [0.15, 0.2) is 5.79 Å². The van der Waals surface area contributed by atoms with Crippen molar-refractivity contribution >= 4 is 18.0 Å². The molecule has 12 heavy (non-hydrogen) atoms. The molecule has 2 aliphatic heterocycles. The number of carbonyl (C=O) groups excluding carboxylic acids is 1. The Morgan fingerprint density at radius 1 is 1.50 bits per heavy atom. The lowest BCUT2D eigenvalue weighted by molar-refractivity contribution is -0.146. The molecule has 2 rings (SSSR count). The largest absolute Gasteiger partial charge is 0.344 e. The molecule has 2 saturated heterocycles. The molecule has 0 aromatic carbocycles. The molecule has 2 heterocycles. The van der Waals surface area contributed by atoms with Gasteiger partial charge in [-0.05, 0) is 13.8 Å². The summed E-state index contributed by atoms with van der Waals surface area (Å²) in [5, 5.41) is -0.0308. The predicted molar refractivity (Wildman–Crippen MR) is 46.1 cm³/mol. The van der Waals surface area contributed by atoms with E-state index in [-0.39, 0.29) is 17.5 Å². The van der Waals surface area contributed by atoms with Crippen LogP contribution in [0, 0.1) is 0 Å². The van der Waals surface area contributed by atoms with Crippen molar-refractivity contribution in [2.24, 2.45) is 0 Å². The molecule has 3 atom stereocenters. The molecular weight excluding hydrogens is 176 g/mol. The van der Waals surface area contributed by atoms with E-state index in [1.54, 1.807) is 11.8 Å². The van der Waals surface area contributed by atoms with Gasteiger partial charge >= 0.3 is 0 Å². The minimum absolute atomic E-state index is 0.0255. The van der Waals surface area contributed by atoms with Gasteiger partial charge in [-0.1, -0.05) is 0 Å². The zero-order valence-corrected chi connectivity index (χ0v) is 7.97. The SMILES string of the molecule is CC1(C)O[C@H]2[C@H](C=O)SC[C@H]2O1. The summed E-state index contributed by atoms with van der Waals surface area (Å²) in [6.45, 7) is 3.77. The summed E-state index contributed by atoms with van der Waals surface area (Å²) >= 11 is 1.62.